The number of fused-ring (bicyclic) bond motifs is 1. The van der Waals surface area contributed by atoms with Gasteiger partial charge in [0, 0.05) is 18.3 Å². The number of hydrogen-bond acceptors (Lipinski definition) is 3. The molecule has 86 valence electrons. The normalized spacial score (nSPS) is 16.1. The van der Waals surface area contributed by atoms with Gasteiger partial charge in [-0.3, -0.25) is 4.79 Å². The first-order chi connectivity index (χ1) is 7.61. The summed E-state index contributed by atoms with van der Waals surface area (Å²) in [5, 5.41) is 2.83. The zero-order valence-electron chi connectivity index (χ0n) is 9.66. The summed E-state index contributed by atoms with van der Waals surface area (Å²) < 4.78 is 0. The van der Waals surface area contributed by atoms with E-state index in [0.717, 1.165) is 11.3 Å². The van der Waals surface area contributed by atoms with Gasteiger partial charge in [-0.25, -0.2) is 0 Å². The van der Waals surface area contributed by atoms with Crippen molar-refractivity contribution in [2.75, 3.05) is 26.0 Å². The van der Waals surface area contributed by atoms with E-state index in [-0.39, 0.29) is 11.9 Å². The Bertz CT molecular complexity index is 415. The van der Waals surface area contributed by atoms with Crippen molar-refractivity contribution in [1.82, 2.24) is 4.90 Å². The Balaban J connectivity index is 2.31. The lowest BCUT2D eigenvalue weighted by atomic mass is 10.0. The lowest BCUT2D eigenvalue weighted by Gasteiger charge is -2.23. The Labute approximate surface area is 95.4 Å². The van der Waals surface area contributed by atoms with Crippen LogP contribution >= 0.6 is 0 Å². The molecule has 1 unspecified atom stereocenters. The fourth-order valence-corrected chi connectivity index (χ4v) is 2.10. The van der Waals surface area contributed by atoms with Crippen LogP contribution < -0.4 is 11.1 Å². The summed E-state index contributed by atoms with van der Waals surface area (Å²) in [7, 11) is 4.02. The number of nitrogens with one attached hydrogen (secondary N) is 1. The van der Waals surface area contributed by atoms with Crippen molar-refractivity contribution in [2.45, 2.75) is 12.5 Å². The molecule has 4 heteroatoms. The number of carbonyl (C=O) groups is 1. The van der Waals surface area contributed by atoms with Crippen LogP contribution in [0.3, 0.4) is 0 Å². The van der Waals surface area contributed by atoms with Gasteiger partial charge in [-0.1, -0.05) is 12.1 Å². The van der Waals surface area contributed by atoms with Crippen LogP contribution in [-0.4, -0.2) is 31.4 Å². The molecular formula is C12H17N3O. The molecule has 1 amide bonds. The van der Waals surface area contributed by atoms with Crippen LogP contribution in [0, 0.1) is 0 Å². The maximum atomic E-state index is 11.2. The first-order valence-electron chi connectivity index (χ1n) is 5.41. The van der Waals surface area contributed by atoms with Crippen molar-refractivity contribution >= 4 is 11.6 Å². The third kappa shape index (κ3) is 1.94. The van der Waals surface area contributed by atoms with E-state index in [1.807, 2.05) is 26.2 Å². The third-order valence-electron chi connectivity index (χ3n) is 2.99. The van der Waals surface area contributed by atoms with Gasteiger partial charge in [0.05, 0.1) is 6.42 Å². The molecule has 16 heavy (non-hydrogen) atoms. The number of benzene rings is 1. The van der Waals surface area contributed by atoms with Gasteiger partial charge in [-0.15, -0.1) is 0 Å². The molecule has 0 bridgehead atoms. The van der Waals surface area contributed by atoms with Gasteiger partial charge < -0.3 is 16.0 Å². The number of carbonyl (C=O) groups excluding carboxylic acids is 1. The third-order valence-corrected chi connectivity index (χ3v) is 2.99. The van der Waals surface area contributed by atoms with E-state index in [2.05, 4.69) is 16.3 Å². The van der Waals surface area contributed by atoms with Gasteiger partial charge in [0.1, 0.15) is 0 Å². The van der Waals surface area contributed by atoms with Crippen LogP contribution in [0.5, 0.6) is 0 Å². The van der Waals surface area contributed by atoms with Gasteiger partial charge in [0.2, 0.25) is 5.91 Å². The number of hydrogen-bond donors (Lipinski definition) is 2. The molecule has 1 aromatic rings. The molecule has 1 heterocycles. The molecule has 0 aliphatic carbocycles. The van der Waals surface area contributed by atoms with E-state index < -0.39 is 0 Å². The molecule has 1 aliphatic heterocycles. The lowest BCUT2D eigenvalue weighted by Crippen LogP contribution is -2.27. The summed E-state index contributed by atoms with van der Waals surface area (Å²) in [6.45, 7) is 0.577. The Morgan fingerprint density at radius 1 is 1.50 bits per heavy atom. The smallest absolute Gasteiger partial charge is 0.228 e. The Kier molecular flexibility index (Phi) is 2.94. The quantitative estimate of drug-likeness (QED) is 0.788. The molecule has 0 radical (unpaired) electrons. The molecule has 0 spiro atoms. The van der Waals surface area contributed by atoms with E-state index in [9.17, 15) is 4.79 Å². The highest BCUT2D eigenvalue weighted by atomic mass is 16.1. The van der Waals surface area contributed by atoms with Crippen LogP contribution in [0.1, 0.15) is 17.2 Å². The van der Waals surface area contributed by atoms with Crippen LogP contribution in [0.4, 0.5) is 5.69 Å². The van der Waals surface area contributed by atoms with Crippen molar-refractivity contribution in [1.29, 1.82) is 0 Å². The molecule has 0 saturated carbocycles. The molecule has 1 atom stereocenters. The van der Waals surface area contributed by atoms with Crippen molar-refractivity contribution in [3.63, 3.8) is 0 Å². The predicted molar refractivity (Wildman–Crippen MR) is 64.3 cm³/mol. The van der Waals surface area contributed by atoms with E-state index in [1.54, 1.807) is 0 Å². The minimum Gasteiger partial charge on any atom is -0.329 e. The van der Waals surface area contributed by atoms with Crippen LogP contribution in [0.15, 0.2) is 18.2 Å². The Hall–Kier alpha value is -1.39. The fraction of sp³-hybridized carbons (Fsp3) is 0.417. The van der Waals surface area contributed by atoms with Gasteiger partial charge in [-0.05, 0) is 31.3 Å². The van der Waals surface area contributed by atoms with Gasteiger partial charge in [0.25, 0.3) is 0 Å². The predicted octanol–water partition coefficient (Wildman–Crippen LogP) is 0.743. The number of likely N-dealkylation sites (N-methyl/N-ethyl adjacent to an activating group) is 1. The number of nitrogens with zero attached hydrogens (tertiary/aromatic N) is 1. The largest absolute Gasteiger partial charge is 0.329 e. The molecule has 1 aliphatic rings. The first kappa shape index (κ1) is 11.1. The average molecular weight is 219 g/mol. The zero-order chi connectivity index (χ0) is 11.7. The second-order valence-electron chi connectivity index (χ2n) is 4.36. The molecule has 4 nitrogen and oxygen atoms in total. The Morgan fingerprint density at radius 2 is 2.25 bits per heavy atom. The Morgan fingerprint density at radius 3 is 2.88 bits per heavy atom. The highest BCUT2D eigenvalue weighted by Crippen LogP contribution is 2.27. The second kappa shape index (κ2) is 4.23. The van der Waals surface area contributed by atoms with Gasteiger partial charge in [-0.2, -0.15) is 0 Å². The summed E-state index contributed by atoms with van der Waals surface area (Å²) in [4.78, 5) is 13.3. The van der Waals surface area contributed by atoms with E-state index in [0.29, 0.717) is 13.0 Å². The van der Waals surface area contributed by atoms with Crippen LogP contribution in [0.25, 0.3) is 0 Å². The highest BCUT2D eigenvalue weighted by molar-refractivity contribution is 5.99. The molecular weight excluding hydrogens is 202 g/mol. The van der Waals surface area contributed by atoms with Crippen molar-refractivity contribution in [3.05, 3.63) is 29.3 Å². The van der Waals surface area contributed by atoms with Gasteiger partial charge in [0.15, 0.2) is 0 Å². The summed E-state index contributed by atoms with van der Waals surface area (Å²) in [6.07, 6.45) is 0.480. The molecule has 2 rings (SSSR count). The standard InChI is InChI=1S/C12H17N3O/c1-15(2)11(7-13)8-3-4-10-9(5-8)6-12(16)14-10/h3-5,11H,6-7,13H2,1-2H3,(H,14,16). The van der Waals surface area contributed by atoms with E-state index in [1.165, 1.54) is 5.56 Å². The average Bonchev–Trinajstić information content (AvgIpc) is 2.57. The lowest BCUT2D eigenvalue weighted by molar-refractivity contribution is -0.115. The molecule has 0 aromatic heterocycles. The number of anilines is 1. The van der Waals surface area contributed by atoms with Crippen LogP contribution in [0.2, 0.25) is 0 Å². The van der Waals surface area contributed by atoms with Crippen molar-refractivity contribution in [2.24, 2.45) is 5.73 Å². The highest BCUT2D eigenvalue weighted by Gasteiger charge is 2.20. The zero-order valence-corrected chi connectivity index (χ0v) is 9.66. The number of nitrogens with two attached hydrogens (primary N) is 1. The number of rotatable bonds is 3. The van der Waals surface area contributed by atoms with Gasteiger partial charge >= 0.3 is 0 Å². The second-order valence-corrected chi connectivity index (χ2v) is 4.36. The van der Waals surface area contributed by atoms with E-state index >= 15 is 0 Å². The maximum Gasteiger partial charge on any atom is 0.228 e. The first-order valence-corrected chi connectivity index (χ1v) is 5.41. The summed E-state index contributed by atoms with van der Waals surface area (Å²) in [6, 6.07) is 6.27. The van der Waals surface area contributed by atoms with Crippen molar-refractivity contribution in [3.8, 4) is 0 Å². The summed E-state index contributed by atoms with van der Waals surface area (Å²) in [5.74, 6) is 0.0706. The molecule has 0 saturated heterocycles. The molecule has 1 aromatic carbocycles. The summed E-state index contributed by atoms with van der Waals surface area (Å²) >= 11 is 0. The fourth-order valence-electron chi connectivity index (χ4n) is 2.10. The van der Waals surface area contributed by atoms with E-state index in [4.69, 9.17) is 5.73 Å². The molecule has 0 fully saturated rings. The SMILES string of the molecule is CN(C)C(CN)c1ccc2c(c1)CC(=O)N2. The molecule has 3 N–H and O–H groups in total. The maximum absolute atomic E-state index is 11.2. The number of amides is 1. The monoisotopic (exact) mass is 219 g/mol. The van der Waals surface area contributed by atoms with Crippen LogP contribution in [-0.2, 0) is 11.2 Å². The summed E-state index contributed by atoms with van der Waals surface area (Å²) in [5.41, 5.74) is 8.93. The van der Waals surface area contributed by atoms with Crippen molar-refractivity contribution < 1.29 is 4.79 Å². The minimum absolute atomic E-state index is 0.0706. The topological polar surface area (TPSA) is 58.4 Å². The minimum atomic E-state index is 0.0706.